The molecule has 82 valence electrons. The molecule has 0 aromatic carbocycles. The van der Waals surface area contributed by atoms with Gasteiger partial charge < -0.3 is 11.1 Å². The molecule has 0 saturated carbocycles. The zero-order valence-electron chi connectivity index (χ0n) is 8.51. The van der Waals surface area contributed by atoms with Gasteiger partial charge in [-0.15, -0.1) is 0 Å². The van der Waals surface area contributed by atoms with Crippen molar-refractivity contribution in [2.75, 3.05) is 11.9 Å². The average Bonchev–Trinajstić information content (AvgIpc) is 2.26. The van der Waals surface area contributed by atoms with E-state index in [-0.39, 0.29) is 11.7 Å². The summed E-state index contributed by atoms with van der Waals surface area (Å²) >= 11 is 0. The Morgan fingerprint density at radius 2 is 2.40 bits per heavy atom. The van der Waals surface area contributed by atoms with Crippen LogP contribution in [0.25, 0.3) is 0 Å². The number of nitrogens with zero attached hydrogens (tertiary/aromatic N) is 2. The molecule has 0 aliphatic heterocycles. The first-order valence-corrected chi connectivity index (χ1v) is 4.74. The number of aromatic nitrogens is 1. The van der Waals surface area contributed by atoms with Gasteiger partial charge in [-0.25, -0.2) is 4.98 Å². The Labute approximate surface area is 87.7 Å². The quantitative estimate of drug-likeness (QED) is 0.561. The Hall–Kier alpha value is -1.69. The Kier molecular flexibility index (Phi) is 3.99. The second-order valence-electron chi connectivity index (χ2n) is 3.14. The van der Waals surface area contributed by atoms with Gasteiger partial charge in [0.15, 0.2) is 0 Å². The molecule has 0 spiro atoms. The highest BCUT2D eigenvalue weighted by Crippen LogP contribution is 2.12. The van der Waals surface area contributed by atoms with Gasteiger partial charge in [0.2, 0.25) is 0 Å². The van der Waals surface area contributed by atoms with Gasteiger partial charge in [-0.3, -0.25) is 10.1 Å². The Morgan fingerprint density at radius 1 is 1.67 bits per heavy atom. The van der Waals surface area contributed by atoms with Gasteiger partial charge in [-0.1, -0.05) is 6.92 Å². The number of pyridine rings is 1. The summed E-state index contributed by atoms with van der Waals surface area (Å²) in [5.74, 6) is 0.609. The van der Waals surface area contributed by atoms with Crippen LogP contribution in [0.1, 0.15) is 13.3 Å². The maximum atomic E-state index is 10.4. The van der Waals surface area contributed by atoms with Crippen LogP contribution in [0.15, 0.2) is 18.3 Å². The van der Waals surface area contributed by atoms with Crippen LogP contribution < -0.4 is 11.1 Å². The lowest BCUT2D eigenvalue weighted by Gasteiger charge is -2.14. The SMILES string of the molecule is CCC(CN)Nc1ccc([N+](=O)[O-])cn1. The van der Waals surface area contributed by atoms with Gasteiger partial charge in [0.25, 0.3) is 5.69 Å². The van der Waals surface area contributed by atoms with Crippen LogP contribution in [-0.2, 0) is 0 Å². The van der Waals surface area contributed by atoms with Crippen molar-refractivity contribution in [3.63, 3.8) is 0 Å². The molecule has 1 aromatic heterocycles. The van der Waals surface area contributed by atoms with Crippen molar-refractivity contribution in [3.05, 3.63) is 28.4 Å². The first-order valence-electron chi connectivity index (χ1n) is 4.74. The molecule has 3 N–H and O–H groups in total. The van der Waals surface area contributed by atoms with E-state index in [1.54, 1.807) is 6.07 Å². The zero-order chi connectivity index (χ0) is 11.3. The van der Waals surface area contributed by atoms with Crippen molar-refractivity contribution in [1.82, 2.24) is 4.98 Å². The molecule has 0 amide bonds. The third-order valence-electron chi connectivity index (χ3n) is 2.09. The lowest BCUT2D eigenvalue weighted by Crippen LogP contribution is -2.28. The Bertz CT molecular complexity index is 321. The van der Waals surface area contributed by atoms with Gasteiger partial charge in [-0.2, -0.15) is 0 Å². The highest BCUT2D eigenvalue weighted by molar-refractivity contribution is 5.40. The number of hydrogen-bond donors (Lipinski definition) is 2. The Balaban J connectivity index is 2.67. The predicted octanol–water partition coefficient (Wildman–Crippen LogP) is 1.14. The normalized spacial score (nSPS) is 12.1. The molecule has 0 fully saturated rings. The number of rotatable bonds is 5. The summed E-state index contributed by atoms with van der Waals surface area (Å²) in [6.45, 7) is 2.52. The molecule has 1 atom stereocenters. The van der Waals surface area contributed by atoms with Crippen molar-refractivity contribution < 1.29 is 4.92 Å². The van der Waals surface area contributed by atoms with Gasteiger partial charge in [0, 0.05) is 18.7 Å². The van der Waals surface area contributed by atoms with Gasteiger partial charge in [-0.05, 0) is 12.5 Å². The van der Waals surface area contributed by atoms with Crippen LogP contribution in [-0.4, -0.2) is 22.5 Å². The van der Waals surface area contributed by atoms with Crippen LogP contribution in [0.2, 0.25) is 0 Å². The highest BCUT2D eigenvalue weighted by atomic mass is 16.6. The largest absolute Gasteiger partial charge is 0.366 e. The van der Waals surface area contributed by atoms with E-state index >= 15 is 0 Å². The summed E-state index contributed by atoms with van der Waals surface area (Å²) in [4.78, 5) is 13.8. The molecular formula is C9H14N4O2. The Morgan fingerprint density at radius 3 is 2.80 bits per heavy atom. The van der Waals surface area contributed by atoms with Crippen molar-refractivity contribution in [2.24, 2.45) is 5.73 Å². The summed E-state index contributed by atoms with van der Waals surface area (Å²) in [6.07, 6.45) is 2.11. The molecule has 1 heterocycles. The number of nitro groups is 1. The minimum absolute atomic E-state index is 0.0126. The van der Waals surface area contributed by atoms with Crippen molar-refractivity contribution in [3.8, 4) is 0 Å². The summed E-state index contributed by atoms with van der Waals surface area (Å²) in [7, 11) is 0. The fourth-order valence-corrected chi connectivity index (χ4v) is 1.12. The number of anilines is 1. The zero-order valence-corrected chi connectivity index (χ0v) is 8.51. The fourth-order valence-electron chi connectivity index (χ4n) is 1.12. The lowest BCUT2D eigenvalue weighted by atomic mass is 10.2. The molecule has 15 heavy (non-hydrogen) atoms. The molecule has 1 rings (SSSR count). The highest BCUT2D eigenvalue weighted by Gasteiger charge is 2.07. The average molecular weight is 210 g/mol. The second kappa shape index (κ2) is 5.26. The summed E-state index contributed by atoms with van der Waals surface area (Å²) in [5.41, 5.74) is 5.50. The van der Waals surface area contributed by atoms with Gasteiger partial charge in [0.1, 0.15) is 12.0 Å². The van der Waals surface area contributed by atoms with Crippen molar-refractivity contribution in [1.29, 1.82) is 0 Å². The van der Waals surface area contributed by atoms with Crippen LogP contribution >= 0.6 is 0 Å². The maximum absolute atomic E-state index is 10.4. The number of nitrogens with one attached hydrogen (secondary N) is 1. The molecular weight excluding hydrogens is 196 g/mol. The van der Waals surface area contributed by atoms with Crippen molar-refractivity contribution >= 4 is 11.5 Å². The minimum Gasteiger partial charge on any atom is -0.366 e. The third-order valence-corrected chi connectivity index (χ3v) is 2.09. The topological polar surface area (TPSA) is 94.1 Å². The first kappa shape index (κ1) is 11.4. The van der Waals surface area contributed by atoms with E-state index in [1.807, 2.05) is 6.92 Å². The fraction of sp³-hybridized carbons (Fsp3) is 0.444. The minimum atomic E-state index is -0.475. The van der Waals surface area contributed by atoms with Crippen LogP contribution in [0, 0.1) is 10.1 Å². The van der Waals surface area contributed by atoms with E-state index in [0.717, 1.165) is 6.42 Å². The monoisotopic (exact) mass is 210 g/mol. The molecule has 0 saturated heterocycles. The third kappa shape index (κ3) is 3.17. The predicted molar refractivity (Wildman–Crippen MR) is 57.6 cm³/mol. The molecule has 0 aliphatic rings. The number of hydrogen-bond acceptors (Lipinski definition) is 5. The number of nitrogens with two attached hydrogens (primary N) is 1. The van der Waals surface area contributed by atoms with Gasteiger partial charge >= 0.3 is 0 Å². The standard InChI is InChI=1S/C9H14N4O2/c1-2-7(5-10)12-9-4-3-8(6-11-9)13(14)15/h3-4,6-7H,2,5,10H2,1H3,(H,11,12). The smallest absolute Gasteiger partial charge is 0.287 e. The summed E-state index contributed by atoms with van der Waals surface area (Å²) in [5, 5.41) is 13.5. The van der Waals surface area contributed by atoms with Crippen LogP contribution in [0.4, 0.5) is 11.5 Å². The van der Waals surface area contributed by atoms with Gasteiger partial charge in [0.05, 0.1) is 4.92 Å². The van der Waals surface area contributed by atoms with E-state index in [0.29, 0.717) is 12.4 Å². The second-order valence-corrected chi connectivity index (χ2v) is 3.14. The lowest BCUT2D eigenvalue weighted by molar-refractivity contribution is -0.385. The van der Waals surface area contributed by atoms with E-state index in [1.165, 1.54) is 12.3 Å². The molecule has 6 nitrogen and oxygen atoms in total. The van der Waals surface area contributed by atoms with E-state index in [9.17, 15) is 10.1 Å². The van der Waals surface area contributed by atoms with E-state index in [4.69, 9.17) is 5.73 Å². The van der Waals surface area contributed by atoms with E-state index in [2.05, 4.69) is 10.3 Å². The molecule has 1 aromatic rings. The molecule has 0 radical (unpaired) electrons. The molecule has 6 heteroatoms. The maximum Gasteiger partial charge on any atom is 0.287 e. The molecule has 1 unspecified atom stereocenters. The summed E-state index contributed by atoms with van der Waals surface area (Å²) in [6, 6.07) is 3.15. The van der Waals surface area contributed by atoms with Crippen LogP contribution in [0.3, 0.4) is 0 Å². The summed E-state index contributed by atoms with van der Waals surface area (Å²) < 4.78 is 0. The first-order chi connectivity index (χ1) is 7.17. The van der Waals surface area contributed by atoms with Crippen LogP contribution in [0.5, 0.6) is 0 Å². The molecule has 0 aliphatic carbocycles. The van der Waals surface area contributed by atoms with Crippen molar-refractivity contribution in [2.45, 2.75) is 19.4 Å². The molecule has 0 bridgehead atoms. The van der Waals surface area contributed by atoms with E-state index < -0.39 is 4.92 Å².